The Morgan fingerprint density at radius 2 is 2.03 bits per heavy atom. The van der Waals surface area contributed by atoms with Crippen LogP contribution in [0.5, 0.6) is 5.75 Å². The molecule has 0 radical (unpaired) electrons. The maximum absolute atomic E-state index is 13.1. The van der Waals surface area contributed by atoms with Gasteiger partial charge in [0, 0.05) is 12.1 Å². The molecular weight excluding hydrogens is 458 g/mol. The number of hydrogen-bond acceptors (Lipinski definition) is 8. The van der Waals surface area contributed by atoms with Crippen molar-refractivity contribution in [2.24, 2.45) is 0 Å². The zero-order chi connectivity index (χ0) is 24.6. The van der Waals surface area contributed by atoms with Crippen LogP contribution < -0.4 is 15.2 Å². The van der Waals surface area contributed by atoms with E-state index in [0.29, 0.717) is 44.2 Å². The van der Waals surface area contributed by atoms with E-state index in [9.17, 15) is 19.2 Å². The summed E-state index contributed by atoms with van der Waals surface area (Å²) in [7, 11) is 0. The second-order valence-corrected chi connectivity index (χ2v) is 9.31. The number of thiophene rings is 1. The van der Waals surface area contributed by atoms with Crippen molar-refractivity contribution in [1.29, 1.82) is 0 Å². The second-order valence-electron chi connectivity index (χ2n) is 8.31. The minimum atomic E-state index is -0.500. The highest BCUT2D eigenvalue weighted by Gasteiger charge is 2.26. The van der Waals surface area contributed by atoms with Crippen LogP contribution in [0.25, 0.3) is 10.2 Å². The van der Waals surface area contributed by atoms with Crippen LogP contribution in [-0.4, -0.2) is 46.5 Å². The molecule has 2 aromatic heterocycles. The Labute approximate surface area is 199 Å². The quantitative estimate of drug-likeness (QED) is 0.375. The van der Waals surface area contributed by atoms with E-state index in [4.69, 9.17) is 9.47 Å². The van der Waals surface area contributed by atoms with E-state index in [1.54, 1.807) is 43.9 Å². The predicted molar refractivity (Wildman–Crippen MR) is 128 cm³/mol. The van der Waals surface area contributed by atoms with E-state index < -0.39 is 11.5 Å². The van der Waals surface area contributed by atoms with E-state index in [0.717, 1.165) is 17.8 Å². The first-order chi connectivity index (χ1) is 16.2. The molecule has 0 N–H and O–H groups in total. The van der Waals surface area contributed by atoms with Crippen LogP contribution in [0.4, 0.5) is 5.69 Å². The van der Waals surface area contributed by atoms with Gasteiger partial charge in [-0.3, -0.25) is 19.0 Å². The Morgan fingerprint density at radius 3 is 2.74 bits per heavy atom. The molecule has 34 heavy (non-hydrogen) atoms. The van der Waals surface area contributed by atoms with E-state index in [1.807, 2.05) is 6.92 Å². The molecule has 1 aliphatic heterocycles. The summed E-state index contributed by atoms with van der Waals surface area (Å²) in [6.45, 7) is 7.40. The largest absolute Gasteiger partial charge is 0.482 e. The molecule has 9 nitrogen and oxygen atoms in total. The van der Waals surface area contributed by atoms with Gasteiger partial charge in [0.1, 0.15) is 15.5 Å². The van der Waals surface area contributed by atoms with Crippen molar-refractivity contribution < 1.29 is 23.9 Å². The van der Waals surface area contributed by atoms with Gasteiger partial charge < -0.3 is 14.4 Å². The first-order valence-corrected chi connectivity index (χ1v) is 11.8. The summed E-state index contributed by atoms with van der Waals surface area (Å²) < 4.78 is 12.0. The fourth-order valence-electron chi connectivity index (χ4n) is 3.82. The number of hydrogen-bond donors (Lipinski definition) is 0. The summed E-state index contributed by atoms with van der Waals surface area (Å²) >= 11 is 1.10. The molecule has 178 valence electrons. The number of nitrogens with zero attached hydrogens (tertiary/aromatic N) is 3. The zero-order valence-corrected chi connectivity index (χ0v) is 20.2. The number of benzene rings is 1. The standard InChI is InChI=1S/C24H25N3O6S/c1-5-8-27-16-9-15(6-7-18(16)32-11-19(27)29)17(28)10-26-12-25-22-20(23(26)30)14(4)21(34-22)24(31)33-13(2)3/h6-7,9,12-13H,5,8,10-11H2,1-4H3. The molecule has 0 fully saturated rings. The molecule has 4 rings (SSSR count). The van der Waals surface area contributed by atoms with Crippen molar-refractivity contribution in [1.82, 2.24) is 9.55 Å². The highest BCUT2D eigenvalue weighted by Crippen LogP contribution is 2.33. The Bertz CT molecular complexity index is 1360. The van der Waals surface area contributed by atoms with Gasteiger partial charge in [0.2, 0.25) is 0 Å². The van der Waals surface area contributed by atoms with Crippen molar-refractivity contribution in [2.45, 2.75) is 46.8 Å². The van der Waals surface area contributed by atoms with E-state index in [1.165, 1.54) is 10.9 Å². The lowest BCUT2D eigenvalue weighted by molar-refractivity contribution is -0.121. The Kier molecular flexibility index (Phi) is 6.52. The minimum Gasteiger partial charge on any atom is -0.482 e. The number of carbonyl (C=O) groups is 3. The van der Waals surface area contributed by atoms with Gasteiger partial charge in [-0.05, 0) is 51.0 Å². The predicted octanol–water partition coefficient (Wildman–Crippen LogP) is 3.35. The van der Waals surface area contributed by atoms with Gasteiger partial charge in [-0.2, -0.15) is 0 Å². The van der Waals surface area contributed by atoms with E-state index >= 15 is 0 Å². The summed E-state index contributed by atoms with van der Waals surface area (Å²) in [5.74, 6) is -0.433. The number of ketones is 1. The van der Waals surface area contributed by atoms with Crippen LogP contribution in [-0.2, 0) is 16.1 Å². The van der Waals surface area contributed by atoms with Crippen LogP contribution in [0, 0.1) is 6.92 Å². The number of amides is 1. The number of rotatable bonds is 7. The van der Waals surface area contributed by atoms with E-state index in [2.05, 4.69) is 4.98 Å². The van der Waals surface area contributed by atoms with E-state index in [-0.39, 0.29) is 30.9 Å². The van der Waals surface area contributed by atoms with Crippen molar-refractivity contribution >= 4 is 44.9 Å². The van der Waals surface area contributed by atoms with Gasteiger partial charge in [0.25, 0.3) is 11.5 Å². The summed E-state index contributed by atoms with van der Waals surface area (Å²) in [5, 5.41) is 0.301. The van der Waals surface area contributed by atoms with Gasteiger partial charge in [0.15, 0.2) is 12.4 Å². The molecule has 0 saturated carbocycles. The van der Waals surface area contributed by atoms with Gasteiger partial charge in [-0.1, -0.05) is 6.92 Å². The molecule has 1 aliphatic rings. The first-order valence-electron chi connectivity index (χ1n) is 11.0. The first kappa shape index (κ1) is 23.6. The third-order valence-corrected chi connectivity index (χ3v) is 6.61. The molecule has 1 aromatic carbocycles. The molecule has 0 aliphatic carbocycles. The topological polar surface area (TPSA) is 108 Å². The maximum Gasteiger partial charge on any atom is 0.348 e. The highest BCUT2D eigenvalue weighted by molar-refractivity contribution is 7.20. The number of Topliss-reactive ketones (excluding diaryl/α,β-unsaturated/α-hetero) is 1. The Morgan fingerprint density at radius 1 is 1.26 bits per heavy atom. The van der Waals surface area contributed by atoms with Crippen LogP contribution in [0.15, 0.2) is 29.3 Å². The number of aryl methyl sites for hydroxylation is 1. The van der Waals surface area contributed by atoms with Crippen LogP contribution in [0.2, 0.25) is 0 Å². The van der Waals surface area contributed by atoms with Crippen molar-refractivity contribution in [3.8, 4) is 5.75 Å². The molecule has 10 heteroatoms. The molecule has 1 amide bonds. The lowest BCUT2D eigenvalue weighted by atomic mass is 10.1. The summed E-state index contributed by atoms with van der Waals surface area (Å²) in [6.07, 6.45) is 1.78. The van der Waals surface area contributed by atoms with Gasteiger partial charge >= 0.3 is 5.97 Å². The van der Waals surface area contributed by atoms with Crippen LogP contribution in [0.1, 0.15) is 52.8 Å². The van der Waals surface area contributed by atoms with Crippen LogP contribution >= 0.6 is 11.3 Å². The molecule has 0 spiro atoms. The number of anilines is 1. The highest BCUT2D eigenvalue weighted by atomic mass is 32.1. The molecular formula is C24H25N3O6S. The normalized spacial score (nSPS) is 13.2. The summed E-state index contributed by atoms with van der Waals surface area (Å²) in [5.41, 5.74) is 0.990. The average molecular weight is 484 g/mol. The van der Waals surface area contributed by atoms with Gasteiger partial charge in [-0.15, -0.1) is 11.3 Å². The maximum atomic E-state index is 13.1. The zero-order valence-electron chi connectivity index (χ0n) is 19.4. The molecule has 0 unspecified atom stereocenters. The SMILES string of the molecule is CCCN1C(=O)COc2ccc(C(=O)Cn3cnc4sc(C(=O)OC(C)C)c(C)c4c3=O)cc21. The number of aromatic nitrogens is 2. The van der Waals surface area contributed by atoms with Crippen molar-refractivity contribution in [3.05, 3.63) is 50.9 Å². The second kappa shape index (κ2) is 9.38. The Hall–Kier alpha value is -3.53. The monoisotopic (exact) mass is 483 g/mol. The third-order valence-electron chi connectivity index (χ3n) is 5.43. The molecule has 3 aromatic rings. The van der Waals surface area contributed by atoms with Crippen molar-refractivity contribution in [2.75, 3.05) is 18.1 Å². The number of esters is 1. The summed E-state index contributed by atoms with van der Waals surface area (Å²) in [6, 6.07) is 4.91. The lowest BCUT2D eigenvalue weighted by Gasteiger charge is -2.29. The number of carbonyl (C=O) groups excluding carboxylic acids is 3. The fourth-order valence-corrected chi connectivity index (χ4v) is 4.85. The third kappa shape index (κ3) is 4.33. The molecule has 0 saturated heterocycles. The lowest BCUT2D eigenvalue weighted by Crippen LogP contribution is -2.39. The van der Waals surface area contributed by atoms with Gasteiger partial charge in [-0.25, -0.2) is 9.78 Å². The van der Waals surface area contributed by atoms with Gasteiger partial charge in [0.05, 0.1) is 30.0 Å². The smallest absolute Gasteiger partial charge is 0.348 e. The Balaban J connectivity index is 1.64. The number of ether oxygens (including phenoxy) is 2. The molecule has 0 bridgehead atoms. The van der Waals surface area contributed by atoms with Crippen LogP contribution in [0.3, 0.4) is 0 Å². The fraction of sp³-hybridized carbons (Fsp3) is 0.375. The number of fused-ring (bicyclic) bond motifs is 2. The minimum absolute atomic E-state index is 0.0337. The summed E-state index contributed by atoms with van der Waals surface area (Å²) in [4.78, 5) is 57.5. The molecule has 3 heterocycles. The van der Waals surface area contributed by atoms with Crippen molar-refractivity contribution in [3.63, 3.8) is 0 Å². The molecule has 0 atom stereocenters. The average Bonchev–Trinajstić information content (AvgIpc) is 3.14.